The van der Waals surface area contributed by atoms with Crippen molar-refractivity contribution < 1.29 is 34.8 Å². The number of amides is 1. The number of Topliss-reactive ketones (excluding diaryl/α,β-unsaturated/α-hetero) is 2. The second-order valence-corrected chi connectivity index (χ2v) is 12.2. The molecular weight excluding hydrogens is 516 g/mol. The molecule has 0 radical (unpaired) electrons. The van der Waals surface area contributed by atoms with Crippen molar-refractivity contribution >= 4 is 28.9 Å². The van der Waals surface area contributed by atoms with Crippen molar-refractivity contribution in [2.45, 2.75) is 52.2 Å². The van der Waals surface area contributed by atoms with E-state index in [-0.39, 0.29) is 41.6 Å². The van der Waals surface area contributed by atoms with Gasteiger partial charge in [-0.05, 0) is 49.9 Å². The molecule has 1 unspecified atom stereocenters. The van der Waals surface area contributed by atoms with E-state index < -0.39 is 52.0 Å². The van der Waals surface area contributed by atoms with Gasteiger partial charge >= 0.3 is 0 Å². The Labute approximate surface area is 234 Å². The fourth-order valence-corrected chi connectivity index (χ4v) is 5.83. The standard InChI is InChI=1S/C27H35N3O7.C2H7N/c1-26(2,3)11-29-10-13-8-16(30(4)5)15-7-12-6-14-9-17(31)20(25(28)36)24(35)27(14,37)23(34)18(12)22(33)19(15)21(13)32;1-3-2/h8,12,14,29,32-33,35,37H,6-7,9-11H2,1-5H3,(H2,28,36);3H,1-2H3/t12?,14-,27-;/m0./s1. The van der Waals surface area contributed by atoms with Crippen LogP contribution in [0, 0.1) is 17.3 Å². The van der Waals surface area contributed by atoms with Crippen LogP contribution in [0.3, 0.4) is 0 Å². The van der Waals surface area contributed by atoms with E-state index in [1.807, 2.05) is 39.2 Å². The number of rotatable bonds is 5. The van der Waals surface area contributed by atoms with E-state index in [0.717, 1.165) is 5.69 Å². The lowest BCUT2D eigenvalue weighted by molar-refractivity contribution is -0.147. The third kappa shape index (κ3) is 5.33. The Bertz CT molecular complexity index is 1290. The van der Waals surface area contributed by atoms with Gasteiger partial charge in [0.15, 0.2) is 11.4 Å². The molecule has 1 saturated carbocycles. The van der Waals surface area contributed by atoms with Crippen LogP contribution in [-0.2, 0) is 27.3 Å². The summed E-state index contributed by atoms with van der Waals surface area (Å²) in [6, 6.07) is 1.85. The Morgan fingerprint density at radius 2 is 1.75 bits per heavy atom. The average Bonchev–Trinajstić information content (AvgIpc) is 2.82. The first-order valence-corrected chi connectivity index (χ1v) is 13.3. The highest BCUT2D eigenvalue weighted by Gasteiger charge is 2.60. The summed E-state index contributed by atoms with van der Waals surface area (Å²) < 4.78 is 0. The Balaban J connectivity index is 0.00000141. The zero-order valence-corrected chi connectivity index (χ0v) is 24.3. The molecule has 1 amide bonds. The normalized spacial score (nSPS) is 24.1. The van der Waals surface area contributed by atoms with E-state index in [1.54, 1.807) is 0 Å². The first-order chi connectivity index (χ1) is 18.5. The number of nitrogens with two attached hydrogens (primary N) is 1. The van der Waals surface area contributed by atoms with Gasteiger partial charge in [-0.25, -0.2) is 0 Å². The predicted molar refractivity (Wildman–Crippen MR) is 152 cm³/mol. The number of phenolic OH excluding ortho intramolecular Hbond substituents is 1. The summed E-state index contributed by atoms with van der Waals surface area (Å²) in [6.07, 6.45) is 0.0305. The number of fused-ring (bicyclic) bond motifs is 3. The topological polar surface area (TPSA) is 185 Å². The number of aliphatic hydroxyl groups excluding tert-OH is 2. The molecule has 0 aliphatic heterocycles. The minimum absolute atomic E-state index is 0.00665. The van der Waals surface area contributed by atoms with Crippen LogP contribution in [0.4, 0.5) is 5.69 Å². The smallest absolute Gasteiger partial charge is 0.255 e. The number of hydrogen-bond acceptors (Lipinski definition) is 10. The highest BCUT2D eigenvalue weighted by atomic mass is 16.3. The number of anilines is 1. The molecule has 1 aromatic carbocycles. The third-order valence-electron chi connectivity index (χ3n) is 7.57. The molecule has 40 heavy (non-hydrogen) atoms. The van der Waals surface area contributed by atoms with Gasteiger partial charge in [0.25, 0.3) is 5.91 Å². The summed E-state index contributed by atoms with van der Waals surface area (Å²) in [7, 11) is 7.43. The quantitative estimate of drug-likeness (QED) is 0.261. The van der Waals surface area contributed by atoms with Crippen molar-refractivity contribution in [2.24, 2.45) is 23.0 Å². The van der Waals surface area contributed by atoms with Crippen LogP contribution in [0.25, 0.3) is 5.76 Å². The fourth-order valence-electron chi connectivity index (χ4n) is 5.83. The van der Waals surface area contributed by atoms with E-state index in [1.165, 1.54) is 0 Å². The van der Waals surface area contributed by atoms with Gasteiger partial charge in [0.05, 0.1) is 5.56 Å². The van der Waals surface area contributed by atoms with Gasteiger partial charge < -0.3 is 41.7 Å². The average molecular weight is 559 g/mol. The van der Waals surface area contributed by atoms with Crippen molar-refractivity contribution in [3.8, 4) is 5.75 Å². The third-order valence-corrected chi connectivity index (χ3v) is 7.57. The molecule has 0 aromatic heterocycles. The lowest BCUT2D eigenvalue weighted by Crippen LogP contribution is -2.58. The maximum Gasteiger partial charge on any atom is 0.255 e. The van der Waals surface area contributed by atoms with Gasteiger partial charge in [-0.1, -0.05) is 20.8 Å². The number of hydrogen-bond donors (Lipinski definition) is 7. The van der Waals surface area contributed by atoms with Crippen LogP contribution in [0.1, 0.15) is 50.3 Å². The predicted octanol–water partition coefficient (Wildman–Crippen LogP) is 1.46. The van der Waals surface area contributed by atoms with Gasteiger partial charge in [-0.3, -0.25) is 14.4 Å². The van der Waals surface area contributed by atoms with Gasteiger partial charge in [0, 0.05) is 56.3 Å². The molecule has 1 fully saturated rings. The number of nitrogens with one attached hydrogen (secondary N) is 2. The number of carbonyl (C=O) groups is 3. The van der Waals surface area contributed by atoms with Crippen molar-refractivity contribution in [1.82, 2.24) is 10.6 Å². The molecule has 0 saturated heterocycles. The number of primary amides is 1. The van der Waals surface area contributed by atoms with E-state index in [9.17, 15) is 34.8 Å². The van der Waals surface area contributed by atoms with Crippen LogP contribution in [0.15, 0.2) is 23.0 Å². The number of ketones is 2. The van der Waals surface area contributed by atoms with E-state index in [2.05, 4.69) is 31.4 Å². The second-order valence-electron chi connectivity index (χ2n) is 12.2. The SMILES string of the molecule is CN(C)c1cc(CNCC(C)(C)C)c(O)c2c1CC1C[C@H]3CC(=O)C(C(N)=O)=C(O)[C@@]3(O)C(=O)C1=C2O.CNC. The number of benzene rings is 1. The van der Waals surface area contributed by atoms with Gasteiger partial charge in [-0.2, -0.15) is 0 Å². The summed E-state index contributed by atoms with van der Waals surface area (Å²) in [5.74, 6) is -6.26. The number of aliphatic hydroxyl groups is 3. The highest BCUT2D eigenvalue weighted by molar-refractivity contribution is 6.22. The molecular formula is C29H42N4O7. The van der Waals surface area contributed by atoms with Crippen molar-refractivity contribution in [3.63, 3.8) is 0 Å². The number of carbonyl (C=O) groups excluding carboxylic acids is 3. The molecule has 3 aliphatic rings. The minimum Gasteiger partial charge on any atom is -0.508 e. The molecule has 0 heterocycles. The molecule has 4 rings (SSSR count). The van der Waals surface area contributed by atoms with Crippen molar-refractivity contribution in [1.29, 1.82) is 0 Å². The van der Waals surface area contributed by atoms with Crippen LogP contribution >= 0.6 is 0 Å². The zero-order valence-electron chi connectivity index (χ0n) is 24.3. The Hall–Kier alpha value is -3.41. The molecule has 220 valence electrons. The van der Waals surface area contributed by atoms with E-state index in [4.69, 9.17) is 5.73 Å². The number of phenols is 1. The lowest BCUT2D eigenvalue weighted by Gasteiger charge is -2.46. The van der Waals surface area contributed by atoms with E-state index in [0.29, 0.717) is 24.2 Å². The molecule has 0 bridgehead atoms. The maximum absolute atomic E-state index is 13.7. The molecule has 0 spiro atoms. The maximum atomic E-state index is 13.7. The summed E-state index contributed by atoms with van der Waals surface area (Å²) in [6.45, 7) is 7.22. The Morgan fingerprint density at radius 1 is 1.15 bits per heavy atom. The first kappa shape index (κ1) is 31.1. The van der Waals surface area contributed by atoms with Gasteiger partial charge in [0.2, 0.25) is 5.78 Å². The fraction of sp³-hybridized carbons (Fsp3) is 0.552. The summed E-state index contributed by atoms with van der Waals surface area (Å²) in [5.41, 5.74) is 3.77. The Kier molecular flexibility index (Phi) is 8.73. The molecule has 3 aliphatic carbocycles. The van der Waals surface area contributed by atoms with Gasteiger partial charge in [0.1, 0.15) is 22.8 Å². The monoisotopic (exact) mass is 558 g/mol. The molecule has 11 heteroatoms. The van der Waals surface area contributed by atoms with Crippen molar-refractivity contribution in [3.05, 3.63) is 39.7 Å². The van der Waals surface area contributed by atoms with Crippen LogP contribution < -0.4 is 21.3 Å². The lowest BCUT2D eigenvalue weighted by atomic mass is 9.59. The van der Waals surface area contributed by atoms with Crippen LogP contribution in [-0.4, -0.2) is 78.2 Å². The molecule has 11 nitrogen and oxygen atoms in total. The number of nitrogens with zero attached hydrogens (tertiary/aromatic N) is 1. The molecule has 1 aromatic rings. The summed E-state index contributed by atoms with van der Waals surface area (Å²) in [5, 5.41) is 50.8. The second kappa shape index (κ2) is 11.2. The largest absolute Gasteiger partial charge is 0.508 e. The summed E-state index contributed by atoms with van der Waals surface area (Å²) >= 11 is 0. The number of aromatic hydroxyl groups is 1. The first-order valence-electron chi connectivity index (χ1n) is 13.3. The van der Waals surface area contributed by atoms with Crippen LogP contribution in [0.2, 0.25) is 0 Å². The highest BCUT2D eigenvalue weighted by Crippen LogP contribution is 2.53. The minimum atomic E-state index is -2.57. The van der Waals surface area contributed by atoms with Gasteiger partial charge in [-0.15, -0.1) is 0 Å². The molecule has 8 N–H and O–H groups in total. The van der Waals surface area contributed by atoms with Crippen LogP contribution in [0.5, 0.6) is 5.75 Å². The Morgan fingerprint density at radius 3 is 2.27 bits per heavy atom. The van der Waals surface area contributed by atoms with E-state index >= 15 is 0 Å². The zero-order chi connectivity index (χ0) is 30.3. The van der Waals surface area contributed by atoms with Crippen molar-refractivity contribution in [2.75, 3.05) is 39.6 Å². The summed E-state index contributed by atoms with van der Waals surface area (Å²) in [4.78, 5) is 39.8. The molecule has 3 atom stereocenters.